The summed E-state index contributed by atoms with van der Waals surface area (Å²) in [5, 5.41) is 0.834. The molecule has 0 spiro atoms. The summed E-state index contributed by atoms with van der Waals surface area (Å²) in [5.41, 5.74) is 2.14. The van der Waals surface area contributed by atoms with Crippen LogP contribution in [-0.2, 0) is 4.79 Å². The lowest BCUT2D eigenvalue weighted by molar-refractivity contribution is -0.141. The molecule has 26 heavy (non-hydrogen) atoms. The van der Waals surface area contributed by atoms with Crippen LogP contribution in [0.25, 0.3) is 11.1 Å². The molecule has 0 aliphatic carbocycles. The zero-order chi connectivity index (χ0) is 18.5. The van der Waals surface area contributed by atoms with E-state index in [-0.39, 0.29) is 0 Å². The van der Waals surface area contributed by atoms with Crippen molar-refractivity contribution in [2.45, 2.75) is 13.0 Å². The molecule has 5 heteroatoms. The highest BCUT2D eigenvalue weighted by Crippen LogP contribution is 2.28. The van der Waals surface area contributed by atoms with Gasteiger partial charge in [0, 0.05) is 5.02 Å². The predicted octanol–water partition coefficient (Wildman–Crippen LogP) is 6.03. The number of carbonyl (C=O) groups excluding carboxylic acids is 1. The molecule has 0 aromatic heterocycles. The van der Waals surface area contributed by atoms with Crippen molar-refractivity contribution in [3.05, 3.63) is 82.8 Å². The van der Waals surface area contributed by atoms with Gasteiger partial charge in [0.1, 0.15) is 11.5 Å². The van der Waals surface area contributed by atoms with Gasteiger partial charge in [-0.05, 0) is 48.4 Å². The summed E-state index contributed by atoms with van der Waals surface area (Å²) in [6.45, 7) is 1.60. The molecule has 0 saturated carbocycles. The lowest BCUT2D eigenvalue weighted by Crippen LogP contribution is -2.28. The third-order valence-electron chi connectivity index (χ3n) is 3.71. The van der Waals surface area contributed by atoms with Crippen molar-refractivity contribution < 1.29 is 14.3 Å². The lowest BCUT2D eigenvalue weighted by atomic mass is 10.1. The maximum atomic E-state index is 12.2. The highest BCUT2D eigenvalue weighted by Gasteiger charge is 2.18. The van der Waals surface area contributed by atoms with Gasteiger partial charge in [-0.1, -0.05) is 65.7 Å². The minimum atomic E-state index is -0.817. The van der Waals surface area contributed by atoms with Gasteiger partial charge in [-0.25, -0.2) is 4.79 Å². The summed E-state index contributed by atoms with van der Waals surface area (Å²) in [6, 6.07) is 22.1. The van der Waals surface area contributed by atoms with Crippen molar-refractivity contribution in [1.82, 2.24) is 0 Å². The third kappa shape index (κ3) is 4.57. The van der Waals surface area contributed by atoms with Gasteiger partial charge in [0.2, 0.25) is 0 Å². The molecular formula is C21H16Cl2O3. The number of rotatable bonds is 5. The fourth-order valence-electron chi connectivity index (χ4n) is 2.35. The monoisotopic (exact) mass is 386 g/mol. The molecule has 0 heterocycles. The number of benzene rings is 3. The second kappa shape index (κ2) is 8.26. The average Bonchev–Trinajstić information content (AvgIpc) is 2.65. The van der Waals surface area contributed by atoms with Gasteiger partial charge in [0.25, 0.3) is 0 Å². The van der Waals surface area contributed by atoms with Crippen molar-refractivity contribution in [2.24, 2.45) is 0 Å². The predicted molar refractivity (Wildman–Crippen MR) is 104 cm³/mol. The highest BCUT2D eigenvalue weighted by atomic mass is 35.5. The Balaban J connectivity index is 1.63. The molecule has 3 aromatic carbocycles. The zero-order valence-electron chi connectivity index (χ0n) is 14.0. The molecule has 0 amide bonds. The molecule has 0 saturated heterocycles. The topological polar surface area (TPSA) is 35.5 Å². The van der Waals surface area contributed by atoms with Gasteiger partial charge < -0.3 is 9.47 Å². The summed E-state index contributed by atoms with van der Waals surface area (Å²) >= 11 is 11.9. The van der Waals surface area contributed by atoms with Crippen LogP contribution >= 0.6 is 23.2 Å². The van der Waals surface area contributed by atoms with Crippen LogP contribution in [0.5, 0.6) is 11.5 Å². The van der Waals surface area contributed by atoms with E-state index in [2.05, 4.69) is 0 Å². The first-order chi connectivity index (χ1) is 12.5. The summed E-state index contributed by atoms with van der Waals surface area (Å²) in [5.74, 6) is 0.316. The van der Waals surface area contributed by atoms with E-state index in [1.807, 2.05) is 42.5 Å². The molecular weight excluding hydrogens is 371 g/mol. The average molecular weight is 387 g/mol. The molecule has 1 atom stereocenters. The number of carbonyl (C=O) groups is 1. The maximum Gasteiger partial charge on any atom is 0.352 e. The summed E-state index contributed by atoms with van der Waals surface area (Å²) in [4.78, 5) is 12.2. The summed E-state index contributed by atoms with van der Waals surface area (Å²) in [6.07, 6.45) is -0.817. The van der Waals surface area contributed by atoms with Crippen LogP contribution in [0.15, 0.2) is 72.8 Å². The maximum absolute atomic E-state index is 12.2. The summed E-state index contributed by atoms with van der Waals surface area (Å²) < 4.78 is 10.9. The Bertz CT molecular complexity index is 893. The van der Waals surface area contributed by atoms with Gasteiger partial charge >= 0.3 is 5.97 Å². The van der Waals surface area contributed by atoms with Crippen LogP contribution < -0.4 is 9.47 Å². The van der Waals surface area contributed by atoms with Crippen molar-refractivity contribution >= 4 is 29.2 Å². The van der Waals surface area contributed by atoms with Gasteiger partial charge in [-0.3, -0.25) is 0 Å². The second-order valence-electron chi connectivity index (χ2n) is 5.65. The van der Waals surface area contributed by atoms with Crippen LogP contribution in [0.2, 0.25) is 10.0 Å². The Morgan fingerprint density at radius 3 is 2.19 bits per heavy atom. The molecule has 132 valence electrons. The number of halogens is 2. The first kappa shape index (κ1) is 18.3. The molecule has 3 rings (SSSR count). The molecule has 3 nitrogen and oxygen atoms in total. The van der Waals surface area contributed by atoms with Crippen molar-refractivity contribution in [3.8, 4) is 22.6 Å². The van der Waals surface area contributed by atoms with Crippen LogP contribution in [0.4, 0.5) is 0 Å². The van der Waals surface area contributed by atoms with Crippen LogP contribution in [0, 0.1) is 0 Å². The Labute approximate surface area is 162 Å². The zero-order valence-corrected chi connectivity index (χ0v) is 15.5. The fraction of sp³-hybridized carbons (Fsp3) is 0.0952. The fourth-order valence-corrected chi connectivity index (χ4v) is 2.81. The largest absolute Gasteiger partial charge is 0.477 e. The molecule has 0 aliphatic heterocycles. The molecule has 0 unspecified atom stereocenters. The van der Waals surface area contributed by atoms with Crippen LogP contribution in [0.3, 0.4) is 0 Å². The van der Waals surface area contributed by atoms with E-state index in [1.165, 1.54) is 0 Å². The molecule has 0 N–H and O–H groups in total. The molecule has 0 fully saturated rings. The quantitative estimate of drug-likeness (QED) is 0.396. The Morgan fingerprint density at radius 2 is 1.54 bits per heavy atom. The van der Waals surface area contributed by atoms with E-state index in [9.17, 15) is 4.79 Å². The Morgan fingerprint density at radius 1 is 0.885 bits per heavy atom. The first-order valence-corrected chi connectivity index (χ1v) is 8.77. The minimum Gasteiger partial charge on any atom is -0.477 e. The van der Waals surface area contributed by atoms with Gasteiger partial charge in [0.05, 0.1) is 5.02 Å². The van der Waals surface area contributed by atoms with E-state index >= 15 is 0 Å². The Kier molecular flexibility index (Phi) is 5.82. The third-order valence-corrected chi connectivity index (χ3v) is 4.24. The van der Waals surface area contributed by atoms with Crippen molar-refractivity contribution in [1.29, 1.82) is 0 Å². The Hall–Kier alpha value is -2.49. The first-order valence-electron chi connectivity index (χ1n) is 8.02. The van der Waals surface area contributed by atoms with Crippen LogP contribution in [0.1, 0.15) is 6.92 Å². The van der Waals surface area contributed by atoms with E-state index in [0.29, 0.717) is 21.5 Å². The van der Waals surface area contributed by atoms with Gasteiger partial charge in [-0.2, -0.15) is 0 Å². The van der Waals surface area contributed by atoms with E-state index < -0.39 is 12.1 Å². The number of hydrogen-bond acceptors (Lipinski definition) is 3. The number of ether oxygens (including phenoxy) is 2. The smallest absolute Gasteiger partial charge is 0.352 e. The number of esters is 1. The van der Waals surface area contributed by atoms with Gasteiger partial charge in [0.15, 0.2) is 6.10 Å². The van der Waals surface area contributed by atoms with E-state index in [1.54, 1.807) is 37.3 Å². The SMILES string of the molecule is C[C@@H](Oc1ccc(Cl)cc1Cl)C(=O)Oc1ccc(-c2ccccc2)cc1. The molecule has 0 bridgehead atoms. The molecule has 3 aromatic rings. The second-order valence-corrected chi connectivity index (χ2v) is 6.49. The van der Waals surface area contributed by atoms with Gasteiger partial charge in [-0.15, -0.1) is 0 Å². The molecule has 0 radical (unpaired) electrons. The van der Waals surface area contributed by atoms with Crippen molar-refractivity contribution in [2.75, 3.05) is 0 Å². The van der Waals surface area contributed by atoms with Crippen LogP contribution in [-0.4, -0.2) is 12.1 Å². The van der Waals surface area contributed by atoms with E-state index in [0.717, 1.165) is 11.1 Å². The normalized spacial score (nSPS) is 11.7. The molecule has 0 aliphatic rings. The van der Waals surface area contributed by atoms with E-state index in [4.69, 9.17) is 32.7 Å². The summed E-state index contributed by atoms with van der Waals surface area (Å²) in [7, 11) is 0. The highest BCUT2D eigenvalue weighted by molar-refractivity contribution is 6.35. The minimum absolute atomic E-state index is 0.337. The lowest BCUT2D eigenvalue weighted by Gasteiger charge is -2.15. The number of hydrogen-bond donors (Lipinski definition) is 0. The van der Waals surface area contributed by atoms with Crippen molar-refractivity contribution in [3.63, 3.8) is 0 Å². The standard InChI is InChI=1S/C21H16Cl2O3/c1-14(25-20-12-9-17(22)13-19(20)23)21(24)26-18-10-7-16(8-11-18)15-5-3-2-4-6-15/h2-14H,1H3/t14-/m1/s1.